The molecule has 0 aromatic carbocycles. The van der Waals surface area contributed by atoms with Crippen LogP contribution < -0.4 is 10.1 Å². The van der Waals surface area contributed by atoms with Gasteiger partial charge in [0.05, 0.1) is 12.0 Å². The van der Waals surface area contributed by atoms with Crippen molar-refractivity contribution in [3.8, 4) is 15.6 Å². The van der Waals surface area contributed by atoms with Crippen LogP contribution in [0, 0.1) is 0 Å². The Kier molecular flexibility index (Phi) is 3.30. The summed E-state index contributed by atoms with van der Waals surface area (Å²) >= 11 is 3.23. The molecule has 6 heteroatoms. The zero-order valence-corrected chi connectivity index (χ0v) is 10.1. The van der Waals surface area contributed by atoms with Gasteiger partial charge < -0.3 is 10.1 Å². The van der Waals surface area contributed by atoms with Gasteiger partial charge in [0.15, 0.2) is 5.01 Å². The standard InChI is InChI=1S/C9H11N3OS2/c1-10-4-8-11-12-9(15-8)7-3-6(13-2)5-14-7/h3,5,10H,4H2,1-2H3. The van der Waals surface area contributed by atoms with Crippen LogP contribution in [0.2, 0.25) is 0 Å². The van der Waals surface area contributed by atoms with Crippen LogP contribution in [0.15, 0.2) is 11.4 Å². The SMILES string of the molecule is CNCc1nnc(-c2cc(OC)cs2)s1. The molecule has 0 amide bonds. The van der Waals surface area contributed by atoms with E-state index in [2.05, 4.69) is 15.5 Å². The third-order valence-corrected chi connectivity index (χ3v) is 3.82. The van der Waals surface area contributed by atoms with Gasteiger partial charge >= 0.3 is 0 Å². The molecule has 0 aliphatic carbocycles. The van der Waals surface area contributed by atoms with Crippen molar-refractivity contribution in [3.63, 3.8) is 0 Å². The van der Waals surface area contributed by atoms with Gasteiger partial charge in [-0.15, -0.1) is 21.5 Å². The number of hydrogen-bond acceptors (Lipinski definition) is 6. The molecule has 0 atom stereocenters. The highest BCUT2D eigenvalue weighted by Gasteiger charge is 2.08. The van der Waals surface area contributed by atoms with Gasteiger partial charge in [-0.3, -0.25) is 0 Å². The van der Waals surface area contributed by atoms with Gasteiger partial charge in [-0.2, -0.15) is 0 Å². The molecule has 1 N–H and O–H groups in total. The maximum Gasteiger partial charge on any atom is 0.157 e. The molecule has 0 saturated carbocycles. The monoisotopic (exact) mass is 241 g/mol. The summed E-state index contributed by atoms with van der Waals surface area (Å²) < 4.78 is 5.13. The van der Waals surface area contributed by atoms with Gasteiger partial charge in [0.2, 0.25) is 0 Å². The second-order valence-corrected chi connectivity index (χ2v) is 4.86. The molecule has 2 aromatic heterocycles. The highest BCUT2D eigenvalue weighted by Crippen LogP contribution is 2.32. The number of ether oxygens (including phenoxy) is 1. The molecule has 0 radical (unpaired) electrons. The summed E-state index contributed by atoms with van der Waals surface area (Å²) in [7, 11) is 3.56. The molecular weight excluding hydrogens is 230 g/mol. The second-order valence-electron chi connectivity index (χ2n) is 2.88. The second kappa shape index (κ2) is 4.69. The minimum atomic E-state index is 0.764. The van der Waals surface area contributed by atoms with Gasteiger partial charge in [0, 0.05) is 18.0 Å². The summed E-state index contributed by atoms with van der Waals surface area (Å²) in [4.78, 5) is 1.10. The van der Waals surface area contributed by atoms with Crippen molar-refractivity contribution in [3.05, 3.63) is 16.5 Å². The van der Waals surface area contributed by atoms with Crippen molar-refractivity contribution in [2.75, 3.05) is 14.2 Å². The van der Waals surface area contributed by atoms with Crippen molar-refractivity contribution >= 4 is 22.7 Å². The maximum atomic E-state index is 5.13. The van der Waals surface area contributed by atoms with E-state index < -0.39 is 0 Å². The van der Waals surface area contributed by atoms with Crippen LogP contribution in [0.3, 0.4) is 0 Å². The summed E-state index contributed by atoms with van der Waals surface area (Å²) in [5.74, 6) is 0.875. The number of nitrogens with zero attached hydrogens (tertiary/aromatic N) is 2. The highest BCUT2D eigenvalue weighted by atomic mass is 32.1. The lowest BCUT2D eigenvalue weighted by Crippen LogP contribution is -2.04. The summed E-state index contributed by atoms with van der Waals surface area (Å²) in [5, 5.41) is 15.2. The van der Waals surface area contributed by atoms with E-state index in [0.29, 0.717) is 0 Å². The Morgan fingerprint density at radius 3 is 3.00 bits per heavy atom. The van der Waals surface area contributed by atoms with Crippen LogP contribution in [0.4, 0.5) is 0 Å². The highest BCUT2D eigenvalue weighted by molar-refractivity contribution is 7.20. The average Bonchev–Trinajstić information content (AvgIpc) is 2.85. The molecule has 4 nitrogen and oxygen atoms in total. The van der Waals surface area contributed by atoms with Gasteiger partial charge in [0.25, 0.3) is 0 Å². The molecule has 0 aliphatic heterocycles. The fourth-order valence-corrected chi connectivity index (χ4v) is 2.88. The first-order valence-corrected chi connectivity index (χ1v) is 6.13. The topological polar surface area (TPSA) is 47.0 Å². The van der Waals surface area contributed by atoms with Crippen molar-refractivity contribution in [1.29, 1.82) is 0 Å². The fourth-order valence-electron chi connectivity index (χ4n) is 1.11. The fraction of sp³-hybridized carbons (Fsp3) is 0.333. The molecule has 0 spiro atoms. The Labute approximate surface area is 95.9 Å². The van der Waals surface area contributed by atoms with E-state index in [4.69, 9.17) is 4.74 Å². The number of thiophene rings is 1. The Balaban J connectivity index is 2.21. The molecule has 0 bridgehead atoms. The molecular formula is C9H11N3OS2. The van der Waals surface area contributed by atoms with Crippen molar-refractivity contribution < 1.29 is 4.74 Å². The van der Waals surface area contributed by atoms with E-state index in [1.165, 1.54) is 0 Å². The molecule has 0 aliphatic rings. The summed E-state index contributed by atoms with van der Waals surface area (Å²) in [6, 6.07) is 1.98. The van der Waals surface area contributed by atoms with E-state index in [-0.39, 0.29) is 0 Å². The Morgan fingerprint density at radius 1 is 1.47 bits per heavy atom. The van der Waals surface area contributed by atoms with E-state index in [1.54, 1.807) is 29.8 Å². The van der Waals surface area contributed by atoms with Crippen LogP contribution in [-0.2, 0) is 6.54 Å². The largest absolute Gasteiger partial charge is 0.496 e. The van der Waals surface area contributed by atoms with Gasteiger partial charge in [-0.1, -0.05) is 11.3 Å². The van der Waals surface area contributed by atoms with Crippen molar-refractivity contribution in [2.24, 2.45) is 0 Å². The third kappa shape index (κ3) is 2.34. The van der Waals surface area contributed by atoms with E-state index in [0.717, 1.165) is 27.2 Å². The van der Waals surface area contributed by atoms with E-state index >= 15 is 0 Å². The van der Waals surface area contributed by atoms with Crippen molar-refractivity contribution in [1.82, 2.24) is 15.5 Å². The smallest absolute Gasteiger partial charge is 0.157 e. The lowest BCUT2D eigenvalue weighted by atomic mass is 10.5. The molecule has 2 aromatic rings. The van der Waals surface area contributed by atoms with E-state index in [9.17, 15) is 0 Å². The quantitative estimate of drug-likeness (QED) is 0.889. The maximum absolute atomic E-state index is 5.13. The predicted molar refractivity (Wildman–Crippen MR) is 62.5 cm³/mol. The number of aromatic nitrogens is 2. The van der Waals surface area contributed by atoms with Crippen LogP contribution in [-0.4, -0.2) is 24.4 Å². The van der Waals surface area contributed by atoms with E-state index in [1.807, 2.05) is 18.5 Å². The van der Waals surface area contributed by atoms with Crippen LogP contribution in [0.5, 0.6) is 5.75 Å². The van der Waals surface area contributed by atoms with Gasteiger partial charge in [-0.25, -0.2) is 0 Å². The predicted octanol–water partition coefficient (Wildman–Crippen LogP) is 1.99. The van der Waals surface area contributed by atoms with Crippen LogP contribution in [0.1, 0.15) is 5.01 Å². The lowest BCUT2D eigenvalue weighted by Gasteiger charge is -1.89. The molecule has 2 rings (SSSR count). The molecule has 15 heavy (non-hydrogen) atoms. The van der Waals surface area contributed by atoms with Crippen molar-refractivity contribution in [2.45, 2.75) is 6.54 Å². The summed E-state index contributed by atoms with van der Waals surface area (Å²) in [6.45, 7) is 0.764. The Hall–Kier alpha value is -0.980. The normalized spacial score (nSPS) is 10.5. The molecule has 0 saturated heterocycles. The van der Waals surface area contributed by atoms with Crippen LogP contribution >= 0.6 is 22.7 Å². The van der Waals surface area contributed by atoms with Crippen LogP contribution in [0.25, 0.3) is 9.88 Å². The molecule has 0 unspecified atom stereocenters. The first-order chi connectivity index (χ1) is 7.33. The first kappa shape index (κ1) is 10.5. The Morgan fingerprint density at radius 2 is 2.33 bits per heavy atom. The minimum Gasteiger partial charge on any atom is -0.496 e. The molecule has 2 heterocycles. The number of methoxy groups -OCH3 is 1. The minimum absolute atomic E-state index is 0.764. The lowest BCUT2D eigenvalue weighted by molar-refractivity contribution is 0.417. The summed E-state index contributed by atoms with van der Waals surface area (Å²) in [6.07, 6.45) is 0. The third-order valence-electron chi connectivity index (χ3n) is 1.82. The zero-order valence-electron chi connectivity index (χ0n) is 8.48. The number of nitrogens with one attached hydrogen (secondary N) is 1. The van der Waals surface area contributed by atoms with Gasteiger partial charge in [0.1, 0.15) is 10.8 Å². The number of hydrogen-bond donors (Lipinski definition) is 1. The Bertz CT molecular complexity index is 438. The molecule has 0 fully saturated rings. The van der Waals surface area contributed by atoms with Gasteiger partial charge in [-0.05, 0) is 7.05 Å². The zero-order chi connectivity index (χ0) is 10.7. The average molecular weight is 241 g/mol. The first-order valence-electron chi connectivity index (χ1n) is 4.43. The molecule has 80 valence electrons. The number of rotatable bonds is 4. The summed E-state index contributed by atoms with van der Waals surface area (Å²) in [5.41, 5.74) is 0.